The van der Waals surface area contributed by atoms with Crippen molar-refractivity contribution in [2.24, 2.45) is 11.8 Å². The van der Waals surface area contributed by atoms with Gasteiger partial charge in [0, 0.05) is 17.4 Å². The molecule has 0 unspecified atom stereocenters. The summed E-state index contributed by atoms with van der Waals surface area (Å²) in [5.74, 6) is 0.952. The Hall–Kier alpha value is -2.30. The SMILES string of the molecule is N#CCNC(=O)[C@H]1CCCC[C@@H]1CS(=O)(=O)c1ccc(CSCc2ccccc2)cc1. The van der Waals surface area contributed by atoms with Gasteiger partial charge in [0.05, 0.1) is 16.7 Å². The van der Waals surface area contributed by atoms with Gasteiger partial charge >= 0.3 is 0 Å². The Kier molecular flexibility index (Phi) is 8.56. The van der Waals surface area contributed by atoms with Crippen molar-refractivity contribution in [1.29, 1.82) is 5.26 Å². The molecule has 0 aromatic heterocycles. The lowest BCUT2D eigenvalue weighted by Crippen LogP contribution is -2.39. The molecule has 2 aromatic carbocycles. The number of nitrogens with zero attached hydrogens (tertiary/aromatic N) is 1. The highest BCUT2D eigenvalue weighted by atomic mass is 32.2. The molecular formula is C24H28N2O3S2. The lowest BCUT2D eigenvalue weighted by atomic mass is 9.80. The standard InChI is InChI=1S/C24H28N2O3S2/c25-14-15-26-24(27)23-9-5-4-8-21(23)18-31(28,29)22-12-10-20(11-13-22)17-30-16-19-6-2-1-3-7-19/h1-3,6-7,10-13,21,23H,4-5,8-9,15-18H2,(H,26,27)/t21-,23+/m1/s1. The molecule has 0 saturated heterocycles. The van der Waals surface area contributed by atoms with Crippen molar-refractivity contribution in [3.05, 3.63) is 65.7 Å². The van der Waals surface area contributed by atoms with Gasteiger partial charge in [-0.1, -0.05) is 55.3 Å². The first-order valence-electron chi connectivity index (χ1n) is 10.6. The van der Waals surface area contributed by atoms with Gasteiger partial charge in [0.1, 0.15) is 6.54 Å². The van der Waals surface area contributed by atoms with Gasteiger partial charge < -0.3 is 5.32 Å². The molecule has 1 fully saturated rings. The minimum atomic E-state index is -3.48. The highest BCUT2D eigenvalue weighted by Crippen LogP contribution is 2.33. The Morgan fingerprint density at radius 1 is 1.00 bits per heavy atom. The van der Waals surface area contributed by atoms with E-state index in [1.165, 1.54) is 5.56 Å². The first-order chi connectivity index (χ1) is 15.0. The van der Waals surface area contributed by atoms with Crippen molar-refractivity contribution in [3.63, 3.8) is 0 Å². The van der Waals surface area contributed by atoms with Crippen molar-refractivity contribution in [2.45, 2.75) is 42.1 Å². The zero-order valence-electron chi connectivity index (χ0n) is 17.5. The van der Waals surface area contributed by atoms with Crippen LogP contribution < -0.4 is 5.32 Å². The Morgan fingerprint density at radius 3 is 2.32 bits per heavy atom. The molecule has 0 aliphatic heterocycles. The fraction of sp³-hybridized carbons (Fsp3) is 0.417. The van der Waals surface area contributed by atoms with Crippen LogP contribution >= 0.6 is 11.8 Å². The van der Waals surface area contributed by atoms with Crippen LogP contribution in [0.5, 0.6) is 0 Å². The second-order valence-electron chi connectivity index (χ2n) is 7.93. The maximum Gasteiger partial charge on any atom is 0.224 e. The van der Waals surface area contributed by atoms with Gasteiger partial charge in [-0.3, -0.25) is 4.79 Å². The van der Waals surface area contributed by atoms with Crippen LogP contribution in [-0.4, -0.2) is 26.6 Å². The number of benzene rings is 2. The van der Waals surface area contributed by atoms with Crippen molar-refractivity contribution in [1.82, 2.24) is 5.32 Å². The lowest BCUT2D eigenvalue weighted by molar-refractivity contribution is -0.127. The Morgan fingerprint density at radius 2 is 1.65 bits per heavy atom. The molecule has 0 spiro atoms. The molecule has 1 aliphatic carbocycles. The van der Waals surface area contributed by atoms with Gasteiger partial charge in [-0.05, 0) is 42.0 Å². The minimum absolute atomic E-state index is 0.0280. The zero-order chi connectivity index (χ0) is 22.1. The third-order valence-corrected chi connectivity index (χ3v) is 8.62. The number of hydrogen-bond donors (Lipinski definition) is 1. The van der Waals surface area contributed by atoms with Crippen LogP contribution in [0.15, 0.2) is 59.5 Å². The van der Waals surface area contributed by atoms with Gasteiger partial charge in [0.15, 0.2) is 9.84 Å². The van der Waals surface area contributed by atoms with Crippen LogP contribution in [0.1, 0.15) is 36.8 Å². The van der Waals surface area contributed by atoms with Crippen molar-refractivity contribution in [3.8, 4) is 6.07 Å². The summed E-state index contributed by atoms with van der Waals surface area (Å²) in [5, 5.41) is 11.3. The molecule has 5 nitrogen and oxygen atoms in total. The average Bonchev–Trinajstić information content (AvgIpc) is 2.78. The predicted molar refractivity (Wildman–Crippen MR) is 124 cm³/mol. The molecule has 1 N–H and O–H groups in total. The zero-order valence-corrected chi connectivity index (χ0v) is 19.1. The van der Waals surface area contributed by atoms with Crippen molar-refractivity contribution in [2.75, 3.05) is 12.3 Å². The Labute approximate surface area is 189 Å². The van der Waals surface area contributed by atoms with E-state index in [0.29, 0.717) is 11.3 Å². The van der Waals surface area contributed by atoms with Gasteiger partial charge in [-0.2, -0.15) is 17.0 Å². The van der Waals surface area contributed by atoms with Gasteiger partial charge in [-0.25, -0.2) is 8.42 Å². The number of carbonyl (C=O) groups is 1. The van der Waals surface area contributed by atoms with E-state index in [2.05, 4.69) is 17.4 Å². The molecule has 0 heterocycles. The highest BCUT2D eigenvalue weighted by Gasteiger charge is 2.34. The van der Waals surface area contributed by atoms with E-state index in [9.17, 15) is 13.2 Å². The smallest absolute Gasteiger partial charge is 0.224 e. The quantitative estimate of drug-likeness (QED) is 0.567. The number of sulfone groups is 1. The number of nitriles is 1. The van der Waals surface area contributed by atoms with Crippen molar-refractivity contribution >= 4 is 27.5 Å². The molecule has 1 saturated carbocycles. The molecular weight excluding hydrogens is 428 g/mol. The number of amides is 1. The first kappa shape index (κ1) is 23.4. The van der Waals surface area contributed by atoms with Crippen LogP contribution in [0.3, 0.4) is 0 Å². The van der Waals surface area contributed by atoms with E-state index < -0.39 is 9.84 Å². The fourth-order valence-corrected chi connectivity index (χ4v) is 6.71. The van der Waals surface area contributed by atoms with E-state index in [0.717, 1.165) is 36.3 Å². The minimum Gasteiger partial charge on any atom is -0.343 e. The summed E-state index contributed by atoms with van der Waals surface area (Å²) >= 11 is 1.79. The monoisotopic (exact) mass is 456 g/mol. The summed E-state index contributed by atoms with van der Waals surface area (Å²) < 4.78 is 26.0. The number of rotatable bonds is 9. The molecule has 0 bridgehead atoms. The molecule has 1 aliphatic rings. The molecule has 2 atom stereocenters. The molecule has 31 heavy (non-hydrogen) atoms. The van der Waals surface area contributed by atoms with Crippen LogP contribution in [0.25, 0.3) is 0 Å². The van der Waals surface area contributed by atoms with Crippen LogP contribution in [-0.2, 0) is 26.1 Å². The van der Waals surface area contributed by atoms with Crippen molar-refractivity contribution < 1.29 is 13.2 Å². The molecule has 2 aromatic rings. The molecule has 1 amide bonds. The molecule has 164 valence electrons. The summed E-state index contributed by atoms with van der Waals surface area (Å²) in [6, 6.07) is 19.3. The van der Waals surface area contributed by atoms with Crippen LogP contribution in [0, 0.1) is 23.2 Å². The van der Waals surface area contributed by atoms with E-state index >= 15 is 0 Å². The normalized spacial score (nSPS) is 18.8. The van der Waals surface area contributed by atoms with Gasteiger partial charge in [-0.15, -0.1) is 0 Å². The average molecular weight is 457 g/mol. The summed E-state index contributed by atoms with van der Waals surface area (Å²) in [7, 11) is -3.48. The molecule has 0 radical (unpaired) electrons. The summed E-state index contributed by atoms with van der Waals surface area (Å²) in [6.45, 7) is -0.0431. The van der Waals surface area contributed by atoms with Crippen LogP contribution in [0.2, 0.25) is 0 Å². The summed E-state index contributed by atoms with van der Waals surface area (Å²) in [5.41, 5.74) is 2.36. The largest absolute Gasteiger partial charge is 0.343 e. The first-order valence-corrected chi connectivity index (χ1v) is 13.4. The predicted octanol–water partition coefficient (Wildman–Crippen LogP) is 4.34. The Bertz CT molecular complexity index is 999. The number of carbonyl (C=O) groups excluding carboxylic acids is 1. The van der Waals surface area contributed by atoms with E-state index in [1.807, 2.05) is 36.4 Å². The molecule has 3 rings (SSSR count). The number of thioether (sulfide) groups is 1. The maximum absolute atomic E-state index is 13.0. The topological polar surface area (TPSA) is 87.0 Å². The highest BCUT2D eigenvalue weighted by molar-refractivity contribution is 7.97. The van der Waals surface area contributed by atoms with E-state index in [4.69, 9.17) is 5.26 Å². The second-order valence-corrected chi connectivity index (χ2v) is 11.0. The summed E-state index contributed by atoms with van der Waals surface area (Å²) in [6.07, 6.45) is 3.24. The molecule has 7 heteroatoms. The third-order valence-electron chi connectivity index (χ3n) is 5.68. The lowest BCUT2D eigenvalue weighted by Gasteiger charge is -2.30. The van der Waals surface area contributed by atoms with Gasteiger partial charge in [0.2, 0.25) is 5.91 Å². The number of hydrogen-bond acceptors (Lipinski definition) is 5. The maximum atomic E-state index is 13.0. The van der Waals surface area contributed by atoms with Crippen LogP contribution in [0.4, 0.5) is 0 Å². The van der Waals surface area contributed by atoms with E-state index in [1.54, 1.807) is 23.9 Å². The Balaban J connectivity index is 1.59. The summed E-state index contributed by atoms with van der Waals surface area (Å²) in [4.78, 5) is 12.7. The van der Waals surface area contributed by atoms with E-state index in [-0.39, 0.29) is 30.0 Å². The fourth-order valence-electron chi connectivity index (χ4n) is 4.04. The number of nitrogens with one attached hydrogen (secondary N) is 1. The second kappa shape index (κ2) is 11.4. The third kappa shape index (κ3) is 6.84. The van der Waals surface area contributed by atoms with Gasteiger partial charge in [0.25, 0.3) is 0 Å².